The van der Waals surface area contributed by atoms with Crippen molar-refractivity contribution in [2.24, 2.45) is 0 Å². The number of amides is 2. The summed E-state index contributed by atoms with van der Waals surface area (Å²) in [7, 11) is 0. The van der Waals surface area contributed by atoms with Gasteiger partial charge in [-0.25, -0.2) is 0 Å². The molecule has 0 bridgehead atoms. The van der Waals surface area contributed by atoms with E-state index in [0.29, 0.717) is 26.2 Å². The van der Waals surface area contributed by atoms with E-state index in [-0.39, 0.29) is 23.1 Å². The Morgan fingerprint density at radius 3 is 2.69 bits per heavy atom. The van der Waals surface area contributed by atoms with Crippen molar-refractivity contribution >= 4 is 23.6 Å². The molecule has 0 aromatic carbocycles. The van der Waals surface area contributed by atoms with E-state index in [1.807, 2.05) is 6.26 Å². The first-order valence-corrected chi connectivity index (χ1v) is 10.3. The molecule has 1 atom stereocenters. The number of furan rings is 1. The van der Waals surface area contributed by atoms with Gasteiger partial charge < -0.3 is 19.8 Å². The fourth-order valence-electron chi connectivity index (χ4n) is 2.85. The summed E-state index contributed by atoms with van der Waals surface area (Å²) in [5.74, 6) is 0.452. The largest absolute Gasteiger partial charge is 0.459 e. The standard InChI is InChI=1S/C18H29N3O4S/c1-18(2,21-7-10-24-11-8-21)13-19-16(22)14(6-12-26-3)20-17(23)15-5-4-9-25-15/h4-5,9,14H,6-8,10-13H2,1-3H3,(H,19,22)(H,20,23)/t14-/m0/s1. The van der Waals surface area contributed by atoms with Crippen molar-refractivity contribution in [3.05, 3.63) is 24.2 Å². The molecule has 26 heavy (non-hydrogen) atoms. The van der Waals surface area contributed by atoms with Crippen LogP contribution < -0.4 is 10.6 Å². The Hall–Kier alpha value is -1.51. The smallest absolute Gasteiger partial charge is 0.287 e. The van der Waals surface area contributed by atoms with E-state index in [1.54, 1.807) is 23.9 Å². The number of carbonyl (C=O) groups excluding carboxylic acids is 2. The summed E-state index contributed by atoms with van der Waals surface area (Å²) in [6.07, 6.45) is 3.99. The molecule has 7 nitrogen and oxygen atoms in total. The molecule has 146 valence electrons. The van der Waals surface area contributed by atoms with Gasteiger partial charge in [0, 0.05) is 25.2 Å². The molecule has 2 amide bonds. The fourth-order valence-corrected chi connectivity index (χ4v) is 3.32. The van der Waals surface area contributed by atoms with Crippen LogP contribution in [-0.2, 0) is 9.53 Å². The van der Waals surface area contributed by atoms with Gasteiger partial charge in [0.25, 0.3) is 5.91 Å². The van der Waals surface area contributed by atoms with Gasteiger partial charge in [-0.1, -0.05) is 0 Å². The van der Waals surface area contributed by atoms with Crippen molar-refractivity contribution in [2.45, 2.75) is 31.8 Å². The Morgan fingerprint density at radius 2 is 2.08 bits per heavy atom. The number of hydrogen-bond acceptors (Lipinski definition) is 6. The molecule has 1 aromatic rings. The van der Waals surface area contributed by atoms with Crippen LogP contribution in [0, 0.1) is 0 Å². The maximum atomic E-state index is 12.7. The maximum absolute atomic E-state index is 12.7. The molecule has 0 aliphatic carbocycles. The average molecular weight is 384 g/mol. The summed E-state index contributed by atoms with van der Waals surface area (Å²) < 4.78 is 10.5. The van der Waals surface area contributed by atoms with Crippen LogP contribution in [-0.4, -0.2) is 73.2 Å². The summed E-state index contributed by atoms with van der Waals surface area (Å²) >= 11 is 1.64. The van der Waals surface area contributed by atoms with E-state index in [0.717, 1.165) is 18.8 Å². The molecule has 8 heteroatoms. The lowest BCUT2D eigenvalue weighted by atomic mass is 10.0. The quantitative estimate of drug-likeness (QED) is 0.670. The zero-order valence-electron chi connectivity index (χ0n) is 15.7. The number of nitrogens with one attached hydrogen (secondary N) is 2. The number of morpholine rings is 1. The van der Waals surface area contributed by atoms with Gasteiger partial charge in [0.2, 0.25) is 5.91 Å². The minimum Gasteiger partial charge on any atom is -0.459 e. The van der Waals surface area contributed by atoms with Gasteiger partial charge in [0.15, 0.2) is 5.76 Å². The van der Waals surface area contributed by atoms with Crippen molar-refractivity contribution in [3.8, 4) is 0 Å². The number of thioether (sulfide) groups is 1. The molecule has 0 saturated carbocycles. The van der Waals surface area contributed by atoms with Crippen LogP contribution in [0.4, 0.5) is 0 Å². The number of ether oxygens (including phenoxy) is 1. The van der Waals surface area contributed by atoms with Crippen LogP contribution in [0.2, 0.25) is 0 Å². The van der Waals surface area contributed by atoms with Crippen molar-refractivity contribution < 1.29 is 18.7 Å². The number of hydrogen-bond donors (Lipinski definition) is 2. The van der Waals surface area contributed by atoms with Gasteiger partial charge in [0.05, 0.1) is 19.5 Å². The molecule has 1 fully saturated rings. The third-order valence-corrected chi connectivity index (χ3v) is 5.18. The molecule has 2 rings (SSSR count). The summed E-state index contributed by atoms with van der Waals surface area (Å²) in [6, 6.07) is 2.65. The van der Waals surface area contributed by atoms with Crippen molar-refractivity contribution in [1.29, 1.82) is 0 Å². The Balaban J connectivity index is 1.91. The molecule has 2 heterocycles. The van der Waals surface area contributed by atoms with E-state index < -0.39 is 6.04 Å². The van der Waals surface area contributed by atoms with Gasteiger partial charge in [-0.2, -0.15) is 11.8 Å². The van der Waals surface area contributed by atoms with Gasteiger partial charge in [-0.05, 0) is 44.4 Å². The summed E-state index contributed by atoms with van der Waals surface area (Å²) in [6.45, 7) is 7.87. The maximum Gasteiger partial charge on any atom is 0.287 e. The van der Waals surface area contributed by atoms with Gasteiger partial charge in [-0.15, -0.1) is 0 Å². The molecule has 0 unspecified atom stereocenters. The van der Waals surface area contributed by atoms with E-state index in [2.05, 4.69) is 29.4 Å². The third-order valence-electron chi connectivity index (χ3n) is 4.54. The van der Waals surface area contributed by atoms with Crippen LogP contribution in [0.5, 0.6) is 0 Å². The molecule has 1 aliphatic rings. The number of nitrogens with zero attached hydrogens (tertiary/aromatic N) is 1. The second-order valence-electron chi connectivity index (χ2n) is 6.91. The molecule has 0 spiro atoms. The predicted molar refractivity (Wildman–Crippen MR) is 102 cm³/mol. The normalized spacial score (nSPS) is 16.9. The lowest BCUT2D eigenvalue weighted by Crippen LogP contribution is -2.57. The molecular formula is C18H29N3O4S. The lowest BCUT2D eigenvalue weighted by molar-refractivity contribution is -0.123. The van der Waals surface area contributed by atoms with Gasteiger partial charge in [0.1, 0.15) is 6.04 Å². The molecule has 2 N–H and O–H groups in total. The number of rotatable bonds is 9. The minimum absolute atomic E-state index is 0.166. The Labute approximate surface area is 159 Å². The first kappa shape index (κ1) is 20.8. The zero-order chi connectivity index (χ0) is 19.0. The molecular weight excluding hydrogens is 354 g/mol. The topological polar surface area (TPSA) is 83.8 Å². The first-order chi connectivity index (χ1) is 12.4. The van der Waals surface area contributed by atoms with Crippen LogP contribution in [0.25, 0.3) is 0 Å². The van der Waals surface area contributed by atoms with Crippen molar-refractivity contribution in [1.82, 2.24) is 15.5 Å². The average Bonchev–Trinajstić information content (AvgIpc) is 3.18. The van der Waals surface area contributed by atoms with E-state index in [4.69, 9.17) is 9.15 Å². The monoisotopic (exact) mass is 383 g/mol. The number of carbonyl (C=O) groups is 2. The Bertz CT molecular complexity index is 571. The van der Waals surface area contributed by atoms with Gasteiger partial charge >= 0.3 is 0 Å². The minimum atomic E-state index is -0.583. The SMILES string of the molecule is CSCC[C@H](NC(=O)c1ccco1)C(=O)NCC(C)(C)N1CCOCC1. The molecule has 0 radical (unpaired) electrons. The highest BCUT2D eigenvalue weighted by Gasteiger charge is 2.30. The van der Waals surface area contributed by atoms with Gasteiger partial charge in [-0.3, -0.25) is 14.5 Å². The van der Waals surface area contributed by atoms with Crippen LogP contribution >= 0.6 is 11.8 Å². The highest BCUT2D eigenvalue weighted by molar-refractivity contribution is 7.98. The van der Waals surface area contributed by atoms with Crippen molar-refractivity contribution in [3.63, 3.8) is 0 Å². The Kier molecular flexibility index (Phi) is 7.99. The summed E-state index contributed by atoms with van der Waals surface area (Å²) in [5.41, 5.74) is -0.172. The van der Waals surface area contributed by atoms with E-state index in [9.17, 15) is 9.59 Å². The third kappa shape index (κ3) is 6.03. The van der Waals surface area contributed by atoms with Crippen molar-refractivity contribution in [2.75, 3.05) is 44.9 Å². The van der Waals surface area contributed by atoms with Crippen LogP contribution in [0.15, 0.2) is 22.8 Å². The highest BCUT2D eigenvalue weighted by Crippen LogP contribution is 2.15. The molecule has 1 saturated heterocycles. The highest BCUT2D eigenvalue weighted by atomic mass is 32.2. The Morgan fingerprint density at radius 1 is 1.35 bits per heavy atom. The van der Waals surface area contributed by atoms with E-state index >= 15 is 0 Å². The second-order valence-corrected chi connectivity index (χ2v) is 7.90. The summed E-state index contributed by atoms with van der Waals surface area (Å²) in [4.78, 5) is 27.2. The fraction of sp³-hybridized carbons (Fsp3) is 0.667. The lowest BCUT2D eigenvalue weighted by Gasteiger charge is -2.41. The zero-order valence-corrected chi connectivity index (χ0v) is 16.6. The molecule has 1 aromatic heterocycles. The predicted octanol–water partition coefficient (Wildman–Crippen LogP) is 1.36. The second kappa shape index (κ2) is 9.99. The first-order valence-electron chi connectivity index (χ1n) is 8.88. The van der Waals surface area contributed by atoms with Crippen LogP contribution in [0.1, 0.15) is 30.8 Å². The van der Waals surface area contributed by atoms with Crippen LogP contribution in [0.3, 0.4) is 0 Å². The van der Waals surface area contributed by atoms with E-state index in [1.165, 1.54) is 6.26 Å². The summed E-state index contributed by atoms with van der Waals surface area (Å²) in [5, 5.41) is 5.78. The molecule has 1 aliphatic heterocycles.